The summed E-state index contributed by atoms with van der Waals surface area (Å²) in [7, 11) is 0. The number of hydrogen-bond acceptors (Lipinski definition) is 4. The average molecular weight is 280 g/mol. The zero-order valence-corrected chi connectivity index (χ0v) is 11.5. The van der Waals surface area contributed by atoms with Crippen LogP contribution < -0.4 is 4.90 Å². The first kappa shape index (κ1) is 14.0. The highest BCUT2D eigenvalue weighted by atomic mass is 35.5. The Kier molecular flexibility index (Phi) is 4.56. The van der Waals surface area contributed by atoms with Gasteiger partial charge in [0.25, 0.3) is 0 Å². The Morgan fingerprint density at radius 3 is 2.68 bits per heavy atom. The van der Waals surface area contributed by atoms with Crippen molar-refractivity contribution in [2.75, 3.05) is 24.6 Å². The van der Waals surface area contributed by atoms with Crippen LogP contribution in [0.15, 0.2) is 30.5 Å². The number of halogens is 1. The summed E-state index contributed by atoms with van der Waals surface area (Å²) in [4.78, 5) is 2.28. The maximum atomic E-state index is 9.17. The molecule has 1 fully saturated rings. The van der Waals surface area contributed by atoms with Crippen LogP contribution in [0.3, 0.4) is 0 Å². The maximum Gasteiger partial charge on any atom is 0.159 e. The largest absolute Gasteiger partial charge is 0.396 e. The molecule has 1 saturated heterocycles. The Labute approximate surface area is 118 Å². The molecule has 1 aromatic heterocycles. The number of aromatic nitrogens is 2. The first-order valence-electron chi connectivity index (χ1n) is 6.44. The van der Waals surface area contributed by atoms with E-state index in [1.807, 2.05) is 12.1 Å². The molecule has 3 rings (SSSR count). The van der Waals surface area contributed by atoms with E-state index in [1.165, 1.54) is 0 Å². The van der Waals surface area contributed by atoms with Crippen LogP contribution in [0.4, 0.5) is 5.82 Å². The van der Waals surface area contributed by atoms with Crippen molar-refractivity contribution in [3.05, 3.63) is 30.5 Å². The van der Waals surface area contributed by atoms with Crippen LogP contribution >= 0.6 is 12.4 Å². The average Bonchev–Trinajstić information content (AvgIpc) is 2.47. The smallest absolute Gasteiger partial charge is 0.159 e. The summed E-state index contributed by atoms with van der Waals surface area (Å²) in [5, 5.41) is 19.8. The SMILES string of the molecule is Cl.OCC1CCN(c2nncc3ccccc23)CC1. The van der Waals surface area contributed by atoms with Gasteiger partial charge in [-0.05, 0) is 18.8 Å². The summed E-state index contributed by atoms with van der Waals surface area (Å²) in [6.07, 6.45) is 3.86. The van der Waals surface area contributed by atoms with E-state index in [-0.39, 0.29) is 12.4 Å². The van der Waals surface area contributed by atoms with Crippen LogP contribution in [0, 0.1) is 5.92 Å². The highest BCUT2D eigenvalue weighted by molar-refractivity contribution is 5.91. The third-order valence-corrected chi connectivity index (χ3v) is 3.72. The Bertz CT molecular complexity index is 536. The molecule has 0 saturated carbocycles. The molecule has 0 unspecified atom stereocenters. The number of hydrogen-bond donors (Lipinski definition) is 1. The van der Waals surface area contributed by atoms with Crippen molar-refractivity contribution in [3.63, 3.8) is 0 Å². The van der Waals surface area contributed by atoms with Gasteiger partial charge in [0, 0.05) is 30.5 Å². The summed E-state index contributed by atoms with van der Waals surface area (Å²) in [5.41, 5.74) is 0. The molecule has 0 aliphatic carbocycles. The summed E-state index contributed by atoms with van der Waals surface area (Å²) in [5.74, 6) is 1.42. The van der Waals surface area contributed by atoms with Crippen molar-refractivity contribution < 1.29 is 5.11 Å². The fraction of sp³-hybridized carbons (Fsp3) is 0.429. The minimum atomic E-state index is 0. The standard InChI is InChI=1S/C14H17N3O.ClH/c18-10-11-5-7-17(8-6-11)14-13-4-2-1-3-12(13)9-15-16-14;/h1-4,9,11,18H,5-8,10H2;1H. The van der Waals surface area contributed by atoms with E-state index in [0.717, 1.165) is 42.5 Å². The number of fused-ring (bicyclic) bond motifs is 1. The highest BCUT2D eigenvalue weighted by Gasteiger charge is 2.20. The molecule has 0 radical (unpaired) electrons. The van der Waals surface area contributed by atoms with Crippen LogP contribution in [0.2, 0.25) is 0 Å². The molecule has 5 heteroatoms. The Hall–Kier alpha value is -1.39. The summed E-state index contributed by atoms with van der Waals surface area (Å²) >= 11 is 0. The molecule has 4 nitrogen and oxygen atoms in total. The van der Waals surface area contributed by atoms with Gasteiger partial charge in [0.1, 0.15) is 0 Å². The van der Waals surface area contributed by atoms with Gasteiger partial charge in [-0.25, -0.2) is 0 Å². The highest BCUT2D eigenvalue weighted by Crippen LogP contribution is 2.27. The predicted molar refractivity (Wildman–Crippen MR) is 78.8 cm³/mol. The molecule has 2 heterocycles. The van der Waals surface area contributed by atoms with Gasteiger partial charge in [-0.3, -0.25) is 0 Å². The Morgan fingerprint density at radius 1 is 1.21 bits per heavy atom. The first-order chi connectivity index (χ1) is 8.88. The summed E-state index contributed by atoms with van der Waals surface area (Å²) in [6, 6.07) is 8.21. The van der Waals surface area contributed by atoms with E-state index in [9.17, 15) is 5.11 Å². The second kappa shape index (κ2) is 6.17. The number of rotatable bonds is 2. The predicted octanol–water partition coefficient (Wildman–Crippen LogP) is 2.26. The van der Waals surface area contributed by atoms with Crippen molar-refractivity contribution in [1.82, 2.24) is 10.2 Å². The minimum Gasteiger partial charge on any atom is -0.396 e. The molecular weight excluding hydrogens is 262 g/mol. The third-order valence-electron chi connectivity index (χ3n) is 3.72. The zero-order chi connectivity index (χ0) is 12.4. The van der Waals surface area contributed by atoms with Crippen LogP contribution in [-0.4, -0.2) is 35.0 Å². The van der Waals surface area contributed by atoms with Crippen molar-refractivity contribution in [3.8, 4) is 0 Å². The van der Waals surface area contributed by atoms with Crippen LogP contribution in [-0.2, 0) is 0 Å². The lowest BCUT2D eigenvalue weighted by Crippen LogP contribution is -2.35. The van der Waals surface area contributed by atoms with Gasteiger partial charge >= 0.3 is 0 Å². The van der Waals surface area contributed by atoms with E-state index < -0.39 is 0 Å². The lowest BCUT2D eigenvalue weighted by molar-refractivity contribution is 0.203. The van der Waals surface area contributed by atoms with Gasteiger partial charge in [-0.15, -0.1) is 17.5 Å². The Balaban J connectivity index is 0.00000133. The van der Waals surface area contributed by atoms with Gasteiger partial charge in [-0.2, -0.15) is 5.10 Å². The number of piperidine rings is 1. The first-order valence-corrected chi connectivity index (χ1v) is 6.44. The zero-order valence-electron chi connectivity index (χ0n) is 10.7. The lowest BCUT2D eigenvalue weighted by Gasteiger charge is -2.32. The fourth-order valence-corrected chi connectivity index (χ4v) is 2.57. The molecule has 1 aliphatic heterocycles. The topological polar surface area (TPSA) is 49.2 Å². The van der Waals surface area contributed by atoms with Gasteiger partial charge in [0.05, 0.1) is 6.20 Å². The Morgan fingerprint density at radius 2 is 1.95 bits per heavy atom. The van der Waals surface area contributed by atoms with E-state index in [0.29, 0.717) is 12.5 Å². The molecule has 0 atom stereocenters. The van der Waals surface area contributed by atoms with E-state index in [1.54, 1.807) is 6.20 Å². The molecule has 2 aromatic rings. The maximum absolute atomic E-state index is 9.17. The number of anilines is 1. The van der Waals surface area contributed by atoms with Crippen LogP contribution in [0.25, 0.3) is 10.8 Å². The van der Waals surface area contributed by atoms with Crippen molar-refractivity contribution in [2.24, 2.45) is 5.92 Å². The number of benzene rings is 1. The normalized spacial score (nSPS) is 16.4. The van der Waals surface area contributed by atoms with Crippen molar-refractivity contribution >= 4 is 29.0 Å². The number of nitrogens with zero attached hydrogens (tertiary/aromatic N) is 3. The van der Waals surface area contributed by atoms with Gasteiger partial charge < -0.3 is 10.0 Å². The van der Waals surface area contributed by atoms with Gasteiger partial charge in [0.2, 0.25) is 0 Å². The lowest BCUT2D eigenvalue weighted by atomic mass is 9.97. The van der Waals surface area contributed by atoms with Crippen molar-refractivity contribution in [2.45, 2.75) is 12.8 Å². The quantitative estimate of drug-likeness (QED) is 0.916. The molecule has 0 spiro atoms. The molecule has 1 N–H and O–H groups in total. The molecule has 1 aliphatic rings. The summed E-state index contributed by atoms with van der Waals surface area (Å²) in [6.45, 7) is 2.21. The fourth-order valence-electron chi connectivity index (χ4n) is 2.57. The molecule has 0 bridgehead atoms. The second-order valence-corrected chi connectivity index (χ2v) is 4.87. The molecule has 1 aromatic carbocycles. The minimum absolute atomic E-state index is 0. The molecule has 0 amide bonds. The van der Waals surface area contributed by atoms with E-state index in [2.05, 4.69) is 27.2 Å². The molecular formula is C14H18ClN3O. The molecule has 19 heavy (non-hydrogen) atoms. The monoisotopic (exact) mass is 279 g/mol. The third kappa shape index (κ3) is 2.80. The second-order valence-electron chi connectivity index (χ2n) is 4.87. The number of aliphatic hydroxyl groups excluding tert-OH is 1. The van der Waals surface area contributed by atoms with Crippen LogP contribution in [0.5, 0.6) is 0 Å². The van der Waals surface area contributed by atoms with Gasteiger partial charge in [-0.1, -0.05) is 24.3 Å². The van der Waals surface area contributed by atoms with E-state index in [4.69, 9.17) is 0 Å². The number of aliphatic hydroxyl groups is 1. The molecule has 102 valence electrons. The van der Waals surface area contributed by atoms with E-state index >= 15 is 0 Å². The van der Waals surface area contributed by atoms with Gasteiger partial charge in [0.15, 0.2) is 5.82 Å². The van der Waals surface area contributed by atoms with Crippen molar-refractivity contribution in [1.29, 1.82) is 0 Å². The summed E-state index contributed by atoms with van der Waals surface area (Å²) < 4.78 is 0. The van der Waals surface area contributed by atoms with Crippen LogP contribution in [0.1, 0.15) is 12.8 Å².